The fourth-order valence-corrected chi connectivity index (χ4v) is 2.88. The Morgan fingerprint density at radius 2 is 1.90 bits per heavy atom. The molecular formula is C16H12Cl2FNO. The highest BCUT2D eigenvalue weighted by atomic mass is 35.5. The van der Waals surface area contributed by atoms with Crippen molar-refractivity contribution in [3.8, 4) is 0 Å². The number of rotatable bonds is 3. The van der Waals surface area contributed by atoms with E-state index in [4.69, 9.17) is 27.6 Å². The number of furan rings is 1. The first-order valence-electron chi connectivity index (χ1n) is 6.39. The van der Waals surface area contributed by atoms with Crippen LogP contribution in [0.5, 0.6) is 0 Å². The van der Waals surface area contributed by atoms with Crippen molar-refractivity contribution < 1.29 is 8.81 Å². The second-order valence-electron chi connectivity index (χ2n) is 4.72. The van der Waals surface area contributed by atoms with E-state index < -0.39 is 0 Å². The number of hydrogen-bond acceptors (Lipinski definition) is 2. The van der Waals surface area contributed by atoms with Crippen LogP contribution < -0.4 is 5.32 Å². The van der Waals surface area contributed by atoms with Crippen molar-refractivity contribution >= 4 is 34.2 Å². The molecule has 0 radical (unpaired) electrons. The van der Waals surface area contributed by atoms with E-state index in [1.54, 1.807) is 18.2 Å². The molecule has 108 valence electrons. The Morgan fingerprint density at radius 1 is 1.10 bits per heavy atom. The number of halogens is 3. The van der Waals surface area contributed by atoms with Gasteiger partial charge in [0.2, 0.25) is 0 Å². The van der Waals surface area contributed by atoms with Crippen LogP contribution >= 0.6 is 23.2 Å². The smallest absolute Gasteiger partial charge is 0.134 e. The molecule has 2 nitrogen and oxygen atoms in total. The van der Waals surface area contributed by atoms with Gasteiger partial charge in [-0.15, -0.1) is 0 Å². The summed E-state index contributed by atoms with van der Waals surface area (Å²) in [6.07, 6.45) is 0. The minimum Gasteiger partial charge on any atom is -0.459 e. The molecule has 0 aliphatic heterocycles. The minimum atomic E-state index is -0.291. The van der Waals surface area contributed by atoms with Gasteiger partial charge in [-0.3, -0.25) is 0 Å². The largest absolute Gasteiger partial charge is 0.459 e. The van der Waals surface area contributed by atoms with Crippen LogP contribution in [0.2, 0.25) is 10.0 Å². The lowest BCUT2D eigenvalue weighted by Gasteiger charge is -2.15. The van der Waals surface area contributed by atoms with Crippen LogP contribution in [-0.2, 0) is 0 Å². The predicted octanol–water partition coefficient (Wildman–Crippen LogP) is 5.19. The normalized spacial score (nSPS) is 12.8. The summed E-state index contributed by atoms with van der Waals surface area (Å²) in [4.78, 5) is 0. The molecular weight excluding hydrogens is 312 g/mol. The summed E-state index contributed by atoms with van der Waals surface area (Å²) in [5, 5.41) is 5.00. The maximum Gasteiger partial charge on any atom is 0.134 e. The van der Waals surface area contributed by atoms with Crippen molar-refractivity contribution in [1.82, 2.24) is 5.32 Å². The topological polar surface area (TPSA) is 25.2 Å². The molecule has 1 heterocycles. The summed E-state index contributed by atoms with van der Waals surface area (Å²) >= 11 is 12.2. The van der Waals surface area contributed by atoms with E-state index in [0.29, 0.717) is 21.4 Å². The summed E-state index contributed by atoms with van der Waals surface area (Å²) < 4.78 is 19.1. The van der Waals surface area contributed by atoms with Crippen molar-refractivity contribution in [2.45, 2.75) is 6.04 Å². The molecule has 0 aliphatic rings. The van der Waals surface area contributed by atoms with Crippen LogP contribution in [0.3, 0.4) is 0 Å². The van der Waals surface area contributed by atoms with Gasteiger partial charge in [-0.25, -0.2) is 4.39 Å². The van der Waals surface area contributed by atoms with E-state index in [1.807, 2.05) is 19.2 Å². The molecule has 2 aromatic carbocycles. The Hall–Kier alpha value is -1.55. The Kier molecular flexibility index (Phi) is 3.89. The van der Waals surface area contributed by atoms with Crippen molar-refractivity contribution in [3.63, 3.8) is 0 Å². The molecule has 1 atom stereocenters. The molecule has 1 unspecified atom stereocenters. The summed E-state index contributed by atoms with van der Waals surface area (Å²) in [5.74, 6) is 0.378. The molecule has 3 rings (SSSR count). The van der Waals surface area contributed by atoms with Gasteiger partial charge < -0.3 is 9.73 Å². The lowest BCUT2D eigenvalue weighted by Crippen LogP contribution is -2.17. The van der Waals surface area contributed by atoms with Crippen LogP contribution in [0.4, 0.5) is 4.39 Å². The molecule has 3 aromatic rings. The number of fused-ring (bicyclic) bond motifs is 1. The number of hydrogen-bond donors (Lipinski definition) is 1. The second-order valence-corrected chi connectivity index (χ2v) is 5.56. The average molecular weight is 324 g/mol. The van der Waals surface area contributed by atoms with Crippen LogP contribution in [0.15, 0.2) is 46.9 Å². The highest BCUT2D eigenvalue weighted by Gasteiger charge is 2.19. The summed E-state index contributed by atoms with van der Waals surface area (Å²) in [6.45, 7) is 0. The quantitative estimate of drug-likeness (QED) is 0.717. The van der Waals surface area contributed by atoms with Crippen molar-refractivity contribution in [3.05, 3.63) is 69.7 Å². The summed E-state index contributed by atoms with van der Waals surface area (Å²) in [7, 11) is 1.81. The van der Waals surface area contributed by atoms with Crippen molar-refractivity contribution in [1.29, 1.82) is 0 Å². The van der Waals surface area contributed by atoms with E-state index in [9.17, 15) is 4.39 Å². The zero-order valence-electron chi connectivity index (χ0n) is 11.2. The number of nitrogens with one attached hydrogen (secondary N) is 1. The molecule has 21 heavy (non-hydrogen) atoms. The zero-order chi connectivity index (χ0) is 15.0. The van der Waals surface area contributed by atoms with Gasteiger partial charge in [0.15, 0.2) is 0 Å². The maximum atomic E-state index is 13.3. The Labute approximate surface area is 131 Å². The molecule has 5 heteroatoms. The summed E-state index contributed by atoms with van der Waals surface area (Å²) in [6, 6.07) is 11.3. The third-order valence-corrected chi connectivity index (χ3v) is 3.91. The van der Waals surface area contributed by atoms with Crippen LogP contribution in [0, 0.1) is 5.82 Å². The Morgan fingerprint density at radius 3 is 2.62 bits per heavy atom. The van der Waals surface area contributed by atoms with Gasteiger partial charge in [-0.05, 0) is 49.0 Å². The minimum absolute atomic E-state index is 0.231. The van der Waals surface area contributed by atoms with E-state index in [2.05, 4.69) is 5.32 Å². The van der Waals surface area contributed by atoms with Crippen molar-refractivity contribution in [2.75, 3.05) is 7.05 Å². The summed E-state index contributed by atoms with van der Waals surface area (Å²) in [5.41, 5.74) is 1.49. The molecule has 0 saturated heterocycles. The molecule has 0 spiro atoms. The van der Waals surface area contributed by atoms with E-state index >= 15 is 0 Å². The fraction of sp³-hybridized carbons (Fsp3) is 0.125. The Balaban J connectivity index is 2.09. The zero-order valence-corrected chi connectivity index (χ0v) is 12.7. The van der Waals surface area contributed by atoms with Crippen LogP contribution in [0.25, 0.3) is 11.0 Å². The molecule has 0 aliphatic carbocycles. The van der Waals surface area contributed by atoms with Gasteiger partial charge >= 0.3 is 0 Å². The standard InChI is InChI=1S/C16H12Cl2FNO/c1-20-16(12-4-2-10(17)8-13(12)18)15-7-9-6-11(19)3-5-14(9)21-15/h2-8,16,20H,1H3. The van der Waals surface area contributed by atoms with Crippen molar-refractivity contribution in [2.24, 2.45) is 0 Å². The molecule has 0 saturated carbocycles. The lowest BCUT2D eigenvalue weighted by molar-refractivity contribution is 0.491. The molecule has 1 N–H and O–H groups in total. The van der Waals surface area contributed by atoms with E-state index in [-0.39, 0.29) is 11.9 Å². The van der Waals surface area contributed by atoms with Crippen LogP contribution in [-0.4, -0.2) is 7.05 Å². The average Bonchev–Trinajstić information content (AvgIpc) is 2.84. The Bertz CT molecular complexity index is 800. The highest BCUT2D eigenvalue weighted by molar-refractivity contribution is 6.35. The SMILES string of the molecule is CNC(c1cc2cc(F)ccc2o1)c1ccc(Cl)cc1Cl. The van der Waals surface area contributed by atoms with E-state index in [0.717, 1.165) is 10.9 Å². The van der Waals surface area contributed by atoms with Gasteiger partial charge in [0.05, 0.1) is 6.04 Å². The third kappa shape index (κ3) is 2.77. The monoisotopic (exact) mass is 323 g/mol. The first-order valence-corrected chi connectivity index (χ1v) is 7.15. The third-order valence-electron chi connectivity index (χ3n) is 3.34. The first kappa shape index (κ1) is 14.4. The van der Waals surface area contributed by atoms with Gasteiger partial charge in [0.1, 0.15) is 17.2 Å². The lowest BCUT2D eigenvalue weighted by atomic mass is 10.0. The predicted molar refractivity (Wildman–Crippen MR) is 83.5 cm³/mol. The highest BCUT2D eigenvalue weighted by Crippen LogP contribution is 2.33. The van der Waals surface area contributed by atoms with Gasteiger partial charge in [-0.2, -0.15) is 0 Å². The van der Waals surface area contributed by atoms with Gasteiger partial charge in [0, 0.05) is 15.4 Å². The fourth-order valence-electron chi connectivity index (χ4n) is 2.36. The first-order chi connectivity index (χ1) is 10.1. The maximum absolute atomic E-state index is 13.3. The van der Waals surface area contributed by atoms with Gasteiger partial charge in [-0.1, -0.05) is 29.3 Å². The van der Waals surface area contributed by atoms with Crippen LogP contribution in [0.1, 0.15) is 17.4 Å². The van der Waals surface area contributed by atoms with E-state index in [1.165, 1.54) is 12.1 Å². The van der Waals surface area contributed by atoms with Gasteiger partial charge in [0.25, 0.3) is 0 Å². The molecule has 0 amide bonds. The molecule has 0 bridgehead atoms. The molecule has 1 aromatic heterocycles. The number of benzene rings is 2. The molecule has 0 fully saturated rings. The second kappa shape index (κ2) is 5.68.